The topological polar surface area (TPSA) is 82.2 Å². The lowest BCUT2D eigenvalue weighted by molar-refractivity contribution is -0.122. The van der Waals surface area contributed by atoms with Gasteiger partial charge in [-0.05, 0) is 19.3 Å². The maximum absolute atomic E-state index is 11.8. The van der Waals surface area contributed by atoms with E-state index in [0.717, 1.165) is 24.1 Å². The summed E-state index contributed by atoms with van der Waals surface area (Å²) in [5.41, 5.74) is 7.86. The number of carbonyl (C=O) groups is 1. The third-order valence-corrected chi connectivity index (χ3v) is 2.98. The molecular formula is C13H24N4O2. The molecule has 0 aromatic carbocycles. The average Bonchev–Trinajstić information content (AvgIpc) is 2.76. The average molecular weight is 268 g/mol. The van der Waals surface area contributed by atoms with Gasteiger partial charge in [-0.25, -0.2) is 0 Å². The number of nitrogens with zero attached hydrogens (tertiary/aromatic N) is 2. The van der Waals surface area contributed by atoms with Crippen molar-refractivity contribution < 1.29 is 9.53 Å². The molecule has 0 fully saturated rings. The minimum absolute atomic E-state index is 0.123. The lowest BCUT2D eigenvalue weighted by Crippen LogP contribution is -2.40. The molecule has 0 saturated heterocycles. The van der Waals surface area contributed by atoms with E-state index in [1.165, 1.54) is 0 Å². The molecule has 1 atom stereocenters. The van der Waals surface area contributed by atoms with Gasteiger partial charge in [0.2, 0.25) is 5.91 Å². The van der Waals surface area contributed by atoms with E-state index in [9.17, 15) is 4.79 Å². The second-order valence-corrected chi connectivity index (χ2v) is 4.59. The summed E-state index contributed by atoms with van der Waals surface area (Å²) in [4.78, 5) is 11.8. The Morgan fingerprint density at radius 1 is 1.63 bits per heavy atom. The van der Waals surface area contributed by atoms with Crippen LogP contribution in [-0.2, 0) is 29.5 Å². The summed E-state index contributed by atoms with van der Waals surface area (Å²) in [7, 11) is 3.52. The van der Waals surface area contributed by atoms with Crippen LogP contribution in [0, 0.1) is 0 Å². The Balaban J connectivity index is 2.40. The molecule has 0 aliphatic carbocycles. The van der Waals surface area contributed by atoms with Crippen molar-refractivity contribution in [2.24, 2.45) is 12.8 Å². The molecule has 1 heterocycles. The van der Waals surface area contributed by atoms with E-state index >= 15 is 0 Å². The van der Waals surface area contributed by atoms with Gasteiger partial charge in [0.15, 0.2) is 0 Å². The Kier molecular flexibility index (Phi) is 6.52. The molecule has 0 aliphatic rings. The highest BCUT2D eigenvalue weighted by atomic mass is 16.5. The fourth-order valence-corrected chi connectivity index (χ4v) is 1.92. The highest BCUT2D eigenvalue weighted by Gasteiger charge is 2.14. The van der Waals surface area contributed by atoms with Gasteiger partial charge in [0, 0.05) is 39.1 Å². The van der Waals surface area contributed by atoms with E-state index in [1.807, 2.05) is 20.2 Å². The van der Waals surface area contributed by atoms with Crippen LogP contribution in [0.1, 0.15) is 31.0 Å². The fraction of sp³-hybridized carbons (Fsp3) is 0.692. The van der Waals surface area contributed by atoms with Gasteiger partial charge in [-0.3, -0.25) is 9.48 Å². The van der Waals surface area contributed by atoms with Crippen molar-refractivity contribution in [1.29, 1.82) is 0 Å². The van der Waals surface area contributed by atoms with Crippen LogP contribution in [0.15, 0.2) is 6.20 Å². The summed E-state index contributed by atoms with van der Waals surface area (Å²) in [5, 5.41) is 7.19. The van der Waals surface area contributed by atoms with Crippen LogP contribution in [0.25, 0.3) is 0 Å². The molecule has 1 aromatic rings. The van der Waals surface area contributed by atoms with Crippen molar-refractivity contribution in [3.63, 3.8) is 0 Å². The Morgan fingerprint density at radius 3 is 3.00 bits per heavy atom. The van der Waals surface area contributed by atoms with Crippen LogP contribution in [0.2, 0.25) is 0 Å². The predicted octanol–water partition coefficient (Wildman–Crippen LogP) is 0.353. The predicted molar refractivity (Wildman–Crippen MR) is 73.5 cm³/mol. The minimum atomic E-state index is -0.475. The number of hydrogen-bond acceptors (Lipinski definition) is 4. The van der Waals surface area contributed by atoms with Crippen LogP contribution in [0.3, 0.4) is 0 Å². The number of aryl methyl sites for hydroxylation is 2. The summed E-state index contributed by atoms with van der Waals surface area (Å²) < 4.78 is 6.70. The highest BCUT2D eigenvalue weighted by molar-refractivity contribution is 5.81. The zero-order valence-corrected chi connectivity index (χ0v) is 12.0. The molecular weight excluding hydrogens is 244 g/mol. The molecule has 19 heavy (non-hydrogen) atoms. The van der Waals surface area contributed by atoms with E-state index in [4.69, 9.17) is 10.5 Å². The third-order valence-electron chi connectivity index (χ3n) is 2.98. The van der Waals surface area contributed by atoms with E-state index in [0.29, 0.717) is 19.6 Å². The quantitative estimate of drug-likeness (QED) is 0.667. The number of nitrogens with two attached hydrogens (primary N) is 1. The van der Waals surface area contributed by atoms with Crippen LogP contribution >= 0.6 is 0 Å². The van der Waals surface area contributed by atoms with E-state index in [1.54, 1.807) is 11.8 Å². The van der Waals surface area contributed by atoms with Gasteiger partial charge in [-0.2, -0.15) is 5.10 Å². The Hall–Kier alpha value is -1.40. The fourth-order valence-electron chi connectivity index (χ4n) is 1.92. The molecule has 0 radical (unpaired) electrons. The van der Waals surface area contributed by atoms with E-state index in [-0.39, 0.29) is 5.91 Å². The maximum atomic E-state index is 11.8. The molecule has 1 rings (SSSR count). The molecule has 6 heteroatoms. The summed E-state index contributed by atoms with van der Waals surface area (Å²) in [6.45, 7) is 3.15. The molecule has 1 aromatic heterocycles. The minimum Gasteiger partial charge on any atom is -0.385 e. The summed E-state index contributed by atoms with van der Waals surface area (Å²) in [5.74, 6) is -0.123. The largest absolute Gasteiger partial charge is 0.385 e. The standard InChI is InChI=1S/C13H24N4O2/c1-4-12-10(9-17(2)16-12)8-15-13(18)11(14)6-5-7-19-3/h9,11H,4-8,14H2,1-3H3,(H,15,18). The summed E-state index contributed by atoms with van der Waals surface area (Å²) in [6, 6.07) is -0.475. The number of hydrogen-bond donors (Lipinski definition) is 2. The van der Waals surface area contributed by atoms with Gasteiger partial charge in [-0.1, -0.05) is 6.92 Å². The lowest BCUT2D eigenvalue weighted by Gasteiger charge is -2.11. The van der Waals surface area contributed by atoms with Gasteiger partial charge in [0.25, 0.3) is 0 Å². The maximum Gasteiger partial charge on any atom is 0.237 e. The van der Waals surface area contributed by atoms with Gasteiger partial charge in [0.05, 0.1) is 11.7 Å². The molecule has 0 aliphatic heterocycles. The first-order chi connectivity index (χ1) is 9.08. The Morgan fingerprint density at radius 2 is 2.37 bits per heavy atom. The van der Waals surface area contributed by atoms with Gasteiger partial charge < -0.3 is 15.8 Å². The van der Waals surface area contributed by atoms with Crippen molar-refractivity contribution in [2.45, 2.75) is 38.8 Å². The zero-order valence-electron chi connectivity index (χ0n) is 12.0. The normalized spacial score (nSPS) is 12.4. The number of ether oxygens (including phenoxy) is 1. The first-order valence-corrected chi connectivity index (χ1v) is 6.62. The van der Waals surface area contributed by atoms with Crippen LogP contribution in [-0.4, -0.2) is 35.4 Å². The molecule has 1 unspecified atom stereocenters. The Bertz CT molecular complexity index is 403. The smallest absolute Gasteiger partial charge is 0.237 e. The zero-order chi connectivity index (χ0) is 14.3. The van der Waals surface area contributed by atoms with Crippen molar-refractivity contribution in [1.82, 2.24) is 15.1 Å². The Labute approximate surface area is 114 Å². The molecule has 3 N–H and O–H groups in total. The molecule has 0 spiro atoms. The number of amides is 1. The SMILES string of the molecule is CCc1nn(C)cc1CNC(=O)C(N)CCCOC. The first kappa shape index (κ1) is 15.7. The number of nitrogens with one attached hydrogen (secondary N) is 1. The van der Waals surface area contributed by atoms with Crippen LogP contribution < -0.4 is 11.1 Å². The van der Waals surface area contributed by atoms with E-state index < -0.39 is 6.04 Å². The van der Waals surface area contributed by atoms with Crippen molar-refractivity contribution in [2.75, 3.05) is 13.7 Å². The second-order valence-electron chi connectivity index (χ2n) is 4.59. The van der Waals surface area contributed by atoms with Crippen LogP contribution in [0.4, 0.5) is 0 Å². The molecule has 0 bridgehead atoms. The summed E-state index contributed by atoms with van der Waals surface area (Å²) >= 11 is 0. The number of aromatic nitrogens is 2. The lowest BCUT2D eigenvalue weighted by atomic mass is 10.1. The van der Waals surface area contributed by atoms with Crippen molar-refractivity contribution >= 4 is 5.91 Å². The van der Waals surface area contributed by atoms with E-state index in [2.05, 4.69) is 10.4 Å². The molecule has 108 valence electrons. The highest BCUT2D eigenvalue weighted by Crippen LogP contribution is 2.06. The third kappa shape index (κ3) is 5.00. The molecule has 1 amide bonds. The monoisotopic (exact) mass is 268 g/mol. The van der Waals surface area contributed by atoms with Crippen LogP contribution in [0.5, 0.6) is 0 Å². The first-order valence-electron chi connectivity index (χ1n) is 6.62. The van der Waals surface area contributed by atoms with Crippen molar-refractivity contribution in [3.8, 4) is 0 Å². The van der Waals surface area contributed by atoms with Crippen molar-refractivity contribution in [3.05, 3.63) is 17.5 Å². The summed E-state index contributed by atoms with van der Waals surface area (Å²) in [6.07, 6.45) is 4.20. The number of rotatable bonds is 8. The molecule has 0 saturated carbocycles. The van der Waals surface area contributed by atoms with Gasteiger partial charge in [-0.15, -0.1) is 0 Å². The van der Waals surface area contributed by atoms with Gasteiger partial charge in [0.1, 0.15) is 0 Å². The van der Waals surface area contributed by atoms with Gasteiger partial charge >= 0.3 is 0 Å². The number of carbonyl (C=O) groups excluding carboxylic acids is 1. The molecule has 6 nitrogen and oxygen atoms in total. The number of methoxy groups -OCH3 is 1. The second kappa shape index (κ2) is 7.91.